The summed E-state index contributed by atoms with van der Waals surface area (Å²) in [5, 5.41) is 5.98. The Bertz CT molecular complexity index is 806. The first kappa shape index (κ1) is 22.4. The zero-order valence-electron chi connectivity index (χ0n) is 17.9. The van der Waals surface area contributed by atoms with Gasteiger partial charge in [-0.3, -0.25) is 15.2 Å². The van der Waals surface area contributed by atoms with Crippen molar-refractivity contribution in [3.63, 3.8) is 0 Å². The van der Waals surface area contributed by atoms with Gasteiger partial charge in [-0.25, -0.2) is 4.79 Å². The van der Waals surface area contributed by atoms with Crippen LogP contribution in [0.3, 0.4) is 0 Å². The molecule has 2 amide bonds. The standard InChI is InChI=1S/C23H32N4O2/c1-5-20-14-10-11-18(3)21(20)27(4)23(28)26-22(24-6-2)25-15-16-29-17-19-12-8-7-9-13-19/h7-14H,5-6,15-17H2,1-4H3,(H2,24,25,26,28). The van der Waals surface area contributed by atoms with Crippen molar-refractivity contribution >= 4 is 17.7 Å². The van der Waals surface area contributed by atoms with Crippen molar-refractivity contribution in [3.8, 4) is 0 Å². The largest absolute Gasteiger partial charge is 0.375 e. The highest BCUT2D eigenvalue weighted by atomic mass is 16.5. The molecule has 0 spiro atoms. The zero-order valence-corrected chi connectivity index (χ0v) is 17.9. The number of urea groups is 1. The lowest BCUT2D eigenvalue weighted by molar-refractivity contribution is 0.128. The Labute approximate surface area is 174 Å². The number of aryl methyl sites for hydroxylation is 2. The molecule has 0 aliphatic rings. The molecule has 0 unspecified atom stereocenters. The predicted molar refractivity (Wildman–Crippen MR) is 120 cm³/mol. The van der Waals surface area contributed by atoms with Crippen molar-refractivity contribution in [1.29, 1.82) is 0 Å². The van der Waals surface area contributed by atoms with Crippen LogP contribution in [0.1, 0.15) is 30.5 Å². The first-order valence-electron chi connectivity index (χ1n) is 10.1. The van der Waals surface area contributed by atoms with Gasteiger partial charge in [-0.15, -0.1) is 0 Å². The Kier molecular flexibility index (Phi) is 9.18. The molecule has 2 aromatic carbocycles. The molecule has 0 heterocycles. The lowest BCUT2D eigenvalue weighted by atomic mass is 10.1. The van der Waals surface area contributed by atoms with E-state index in [-0.39, 0.29) is 6.03 Å². The summed E-state index contributed by atoms with van der Waals surface area (Å²) < 4.78 is 5.66. The number of nitrogens with zero attached hydrogens (tertiary/aromatic N) is 2. The number of carbonyl (C=O) groups excluding carboxylic acids is 1. The van der Waals surface area contributed by atoms with Crippen LogP contribution in [0.15, 0.2) is 53.5 Å². The number of amides is 2. The molecule has 29 heavy (non-hydrogen) atoms. The fraction of sp³-hybridized carbons (Fsp3) is 0.391. The molecule has 0 saturated carbocycles. The van der Waals surface area contributed by atoms with Crippen molar-refractivity contribution in [2.24, 2.45) is 4.99 Å². The summed E-state index contributed by atoms with van der Waals surface area (Å²) in [5.41, 5.74) is 4.27. The summed E-state index contributed by atoms with van der Waals surface area (Å²) in [6.45, 7) is 8.23. The normalized spacial score (nSPS) is 11.2. The van der Waals surface area contributed by atoms with Gasteiger partial charge in [0.25, 0.3) is 0 Å². The second-order valence-corrected chi connectivity index (χ2v) is 6.72. The van der Waals surface area contributed by atoms with E-state index in [0.29, 0.717) is 32.3 Å². The van der Waals surface area contributed by atoms with Gasteiger partial charge in [0.1, 0.15) is 0 Å². The van der Waals surface area contributed by atoms with E-state index >= 15 is 0 Å². The number of carbonyl (C=O) groups is 1. The van der Waals surface area contributed by atoms with Gasteiger partial charge in [-0.05, 0) is 37.0 Å². The van der Waals surface area contributed by atoms with Crippen LogP contribution in [0.2, 0.25) is 0 Å². The number of para-hydroxylation sites is 1. The fourth-order valence-corrected chi connectivity index (χ4v) is 3.06. The van der Waals surface area contributed by atoms with Gasteiger partial charge in [0, 0.05) is 13.6 Å². The summed E-state index contributed by atoms with van der Waals surface area (Å²) >= 11 is 0. The lowest BCUT2D eigenvalue weighted by Crippen LogP contribution is -2.47. The molecule has 2 N–H and O–H groups in total. The topological polar surface area (TPSA) is 66.0 Å². The molecule has 0 aliphatic heterocycles. The summed E-state index contributed by atoms with van der Waals surface area (Å²) in [6.07, 6.45) is 0.863. The van der Waals surface area contributed by atoms with Crippen LogP contribution >= 0.6 is 0 Å². The van der Waals surface area contributed by atoms with Crippen LogP contribution in [0.5, 0.6) is 0 Å². The molecule has 6 heteroatoms. The van der Waals surface area contributed by atoms with Gasteiger partial charge in [0.05, 0.1) is 25.4 Å². The van der Waals surface area contributed by atoms with E-state index in [1.54, 1.807) is 11.9 Å². The fourth-order valence-electron chi connectivity index (χ4n) is 3.06. The SMILES string of the molecule is CCNC(=NCCOCc1ccccc1)NC(=O)N(C)c1c(C)cccc1CC. The highest BCUT2D eigenvalue weighted by Gasteiger charge is 2.17. The number of rotatable bonds is 8. The molecule has 0 saturated heterocycles. The highest BCUT2D eigenvalue weighted by molar-refractivity contribution is 6.04. The first-order valence-corrected chi connectivity index (χ1v) is 10.1. The average Bonchev–Trinajstić information content (AvgIpc) is 2.73. The van der Waals surface area contributed by atoms with E-state index in [0.717, 1.165) is 28.8 Å². The Balaban J connectivity index is 1.93. The summed E-state index contributed by atoms with van der Waals surface area (Å²) in [4.78, 5) is 18.9. The van der Waals surface area contributed by atoms with Crippen LogP contribution in [-0.2, 0) is 17.8 Å². The van der Waals surface area contributed by atoms with Crippen molar-refractivity contribution in [2.75, 3.05) is 31.6 Å². The third-order valence-corrected chi connectivity index (χ3v) is 4.53. The van der Waals surface area contributed by atoms with E-state index in [4.69, 9.17) is 4.74 Å². The number of aliphatic imine (C=N–C) groups is 1. The quantitative estimate of drug-likeness (QED) is 0.404. The van der Waals surface area contributed by atoms with E-state index in [9.17, 15) is 4.79 Å². The second-order valence-electron chi connectivity index (χ2n) is 6.72. The van der Waals surface area contributed by atoms with Gasteiger partial charge in [-0.2, -0.15) is 0 Å². The molecule has 6 nitrogen and oxygen atoms in total. The van der Waals surface area contributed by atoms with Crippen molar-refractivity contribution in [3.05, 3.63) is 65.2 Å². The second kappa shape index (κ2) is 11.9. The maximum absolute atomic E-state index is 12.8. The van der Waals surface area contributed by atoms with Gasteiger partial charge >= 0.3 is 6.03 Å². The van der Waals surface area contributed by atoms with E-state index in [1.807, 2.05) is 56.3 Å². The number of hydrogen-bond acceptors (Lipinski definition) is 3. The molecule has 0 radical (unpaired) electrons. The zero-order chi connectivity index (χ0) is 21.1. The average molecular weight is 397 g/mol. The molecule has 0 aliphatic carbocycles. The smallest absolute Gasteiger partial charge is 0.328 e. The number of nitrogens with one attached hydrogen (secondary N) is 2. The molecule has 2 rings (SSSR count). The van der Waals surface area contributed by atoms with Crippen molar-refractivity contribution in [2.45, 2.75) is 33.8 Å². The van der Waals surface area contributed by atoms with Crippen LogP contribution in [0.25, 0.3) is 0 Å². The number of hydrogen-bond donors (Lipinski definition) is 2. The molecule has 0 bridgehead atoms. The summed E-state index contributed by atoms with van der Waals surface area (Å²) in [7, 11) is 1.78. The minimum absolute atomic E-state index is 0.223. The Hall–Kier alpha value is -2.86. The summed E-state index contributed by atoms with van der Waals surface area (Å²) in [5.74, 6) is 0.458. The Morgan fingerprint density at radius 1 is 1.10 bits per heavy atom. The molecule has 0 aromatic heterocycles. The van der Waals surface area contributed by atoms with Crippen molar-refractivity contribution < 1.29 is 9.53 Å². The number of anilines is 1. The molecule has 156 valence electrons. The third kappa shape index (κ3) is 6.91. The molecule has 0 atom stereocenters. The molecule has 0 fully saturated rings. The van der Waals surface area contributed by atoms with Crippen LogP contribution in [0, 0.1) is 6.92 Å². The third-order valence-electron chi connectivity index (χ3n) is 4.53. The monoisotopic (exact) mass is 396 g/mol. The number of benzene rings is 2. The van der Waals surface area contributed by atoms with Crippen LogP contribution in [0.4, 0.5) is 10.5 Å². The molecular formula is C23H32N4O2. The van der Waals surface area contributed by atoms with Gasteiger partial charge < -0.3 is 10.1 Å². The Morgan fingerprint density at radius 2 is 1.86 bits per heavy atom. The predicted octanol–water partition coefficient (Wildman–Crippen LogP) is 3.89. The molecular weight excluding hydrogens is 364 g/mol. The lowest BCUT2D eigenvalue weighted by Gasteiger charge is -2.23. The van der Waals surface area contributed by atoms with Gasteiger partial charge in [0.15, 0.2) is 5.96 Å². The first-order chi connectivity index (χ1) is 14.1. The van der Waals surface area contributed by atoms with Crippen molar-refractivity contribution in [1.82, 2.24) is 10.6 Å². The van der Waals surface area contributed by atoms with Crippen LogP contribution in [-0.4, -0.2) is 38.7 Å². The number of ether oxygens (including phenoxy) is 1. The maximum atomic E-state index is 12.8. The van der Waals surface area contributed by atoms with E-state index < -0.39 is 0 Å². The van der Waals surface area contributed by atoms with Gasteiger partial charge in [-0.1, -0.05) is 55.5 Å². The summed E-state index contributed by atoms with van der Waals surface area (Å²) in [6, 6.07) is 15.9. The molecule has 2 aromatic rings. The minimum atomic E-state index is -0.223. The van der Waals surface area contributed by atoms with Crippen LogP contribution < -0.4 is 15.5 Å². The number of guanidine groups is 1. The van der Waals surface area contributed by atoms with E-state index in [1.165, 1.54) is 0 Å². The maximum Gasteiger partial charge on any atom is 0.328 e. The van der Waals surface area contributed by atoms with Gasteiger partial charge in [0.2, 0.25) is 0 Å². The minimum Gasteiger partial charge on any atom is -0.375 e. The van der Waals surface area contributed by atoms with E-state index in [2.05, 4.69) is 28.6 Å². The Morgan fingerprint density at radius 3 is 2.55 bits per heavy atom. The highest BCUT2D eigenvalue weighted by Crippen LogP contribution is 2.24.